The molecule has 3 rings (SSSR count). The summed E-state index contributed by atoms with van der Waals surface area (Å²) in [5.74, 6) is 3.54. The van der Waals surface area contributed by atoms with Crippen LogP contribution >= 0.6 is 11.3 Å². The van der Waals surface area contributed by atoms with E-state index < -0.39 is 0 Å². The van der Waals surface area contributed by atoms with Crippen molar-refractivity contribution in [2.45, 2.75) is 0 Å². The van der Waals surface area contributed by atoms with Gasteiger partial charge in [-0.3, -0.25) is 0 Å². The second kappa shape index (κ2) is 7.53. The number of terminal acetylenes is 1. The zero-order valence-electron chi connectivity index (χ0n) is 13.5. The molecule has 122 valence electrons. The van der Waals surface area contributed by atoms with Crippen molar-refractivity contribution in [1.29, 1.82) is 5.26 Å². The van der Waals surface area contributed by atoms with Gasteiger partial charge in [0.25, 0.3) is 0 Å². The summed E-state index contributed by atoms with van der Waals surface area (Å²) in [4.78, 5) is 4.53. The van der Waals surface area contributed by atoms with Gasteiger partial charge in [0.1, 0.15) is 17.7 Å². The number of hydrogen-bond donors (Lipinski definition) is 0. The van der Waals surface area contributed by atoms with E-state index in [0.717, 1.165) is 15.8 Å². The fourth-order valence-electron chi connectivity index (χ4n) is 2.31. The van der Waals surface area contributed by atoms with Gasteiger partial charge >= 0.3 is 0 Å². The number of nitrogens with zero attached hydrogens (tertiary/aromatic N) is 2. The Bertz CT molecular complexity index is 989. The van der Waals surface area contributed by atoms with Crippen molar-refractivity contribution in [2.75, 3.05) is 13.7 Å². The van der Waals surface area contributed by atoms with Crippen LogP contribution in [-0.2, 0) is 0 Å². The highest BCUT2D eigenvalue weighted by atomic mass is 32.1. The molecular weight excluding hydrogens is 332 g/mol. The van der Waals surface area contributed by atoms with Crippen LogP contribution in [0.15, 0.2) is 42.5 Å². The molecule has 0 fully saturated rings. The van der Waals surface area contributed by atoms with Crippen LogP contribution in [0.3, 0.4) is 0 Å². The molecule has 2 aromatic carbocycles. The van der Waals surface area contributed by atoms with Crippen LogP contribution in [0, 0.1) is 23.7 Å². The molecule has 0 aliphatic carbocycles. The Labute approximate surface area is 150 Å². The second-order valence-corrected chi connectivity index (χ2v) is 6.09. The summed E-state index contributed by atoms with van der Waals surface area (Å²) in [7, 11) is 1.56. The fourth-order valence-corrected chi connectivity index (χ4v) is 3.24. The second-order valence-electron chi connectivity index (χ2n) is 5.06. The van der Waals surface area contributed by atoms with E-state index in [0.29, 0.717) is 22.1 Å². The molecular formula is C20H14N2O2S. The summed E-state index contributed by atoms with van der Waals surface area (Å²) in [6, 6.07) is 15.5. The summed E-state index contributed by atoms with van der Waals surface area (Å²) in [6.07, 6.45) is 6.99. The average Bonchev–Trinajstić information content (AvgIpc) is 3.08. The largest absolute Gasteiger partial charge is 0.493 e. The fraction of sp³-hybridized carbons (Fsp3) is 0.100. The maximum absolute atomic E-state index is 9.53. The van der Waals surface area contributed by atoms with Crippen molar-refractivity contribution >= 4 is 33.2 Å². The maximum atomic E-state index is 9.53. The molecule has 1 heterocycles. The highest BCUT2D eigenvalue weighted by molar-refractivity contribution is 7.19. The van der Waals surface area contributed by atoms with Gasteiger partial charge in [-0.15, -0.1) is 17.8 Å². The van der Waals surface area contributed by atoms with Crippen molar-refractivity contribution in [3.8, 4) is 29.9 Å². The maximum Gasteiger partial charge on any atom is 0.162 e. The van der Waals surface area contributed by atoms with Crippen LogP contribution in [0.25, 0.3) is 21.9 Å². The van der Waals surface area contributed by atoms with Gasteiger partial charge in [0.15, 0.2) is 11.5 Å². The Morgan fingerprint density at radius 1 is 1.28 bits per heavy atom. The molecule has 0 aliphatic heterocycles. The van der Waals surface area contributed by atoms with Gasteiger partial charge in [0.2, 0.25) is 0 Å². The lowest BCUT2D eigenvalue weighted by molar-refractivity contribution is 0.331. The summed E-state index contributed by atoms with van der Waals surface area (Å²) >= 11 is 1.49. The predicted molar refractivity (Wildman–Crippen MR) is 100 cm³/mol. The minimum absolute atomic E-state index is 0.167. The summed E-state index contributed by atoms with van der Waals surface area (Å²) < 4.78 is 11.8. The van der Waals surface area contributed by atoms with Crippen LogP contribution in [0.4, 0.5) is 0 Å². The monoisotopic (exact) mass is 346 g/mol. The molecule has 0 radical (unpaired) electrons. The number of thiazole rings is 1. The summed E-state index contributed by atoms with van der Waals surface area (Å²) in [5, 5.41) is 10.2. The quantitative estimate of drug-likeness (QED) is 0.508. The molecule has 0 aliphatic rings. The van der Waals surface area contributed by atoms with Crippen molar-refractivity contribution in [3.63, 3.8) is 0 Å². The van der Waals surface area contributed by atoms with Crippen molar-refractivity contribution in [1.82, 2.24) is 4.98 Å². The first kappa shape index (κ1) is 16.6. The van der Waals surface area contributed by atoms with Crippen LogP contribution in [0.1, 0.15) is 10.6 Å². The van der Waals surface area contributed by atoms with E-state index in [4.69, 9.17) is 15.9 Å². The first-order valence-electron chi connectivity index (χ1n) is 7.47. The lowest BCUT2D eigenvalue weighted by Crippen LogP contribution is -1.96. The number of fused-ring (bicyclic) bond motifs is 1. The summed E-state index contributed by atoms with van der Waals surface area (Å²) in [5.41, 5.74) is 2.21. The van der Waals surface area contributed by atoms with E-state index >= 15 is 0 Å². The molecule has 0 spiro atoms. The number of nitriles is 1. The number of ether oxygens (including phenoxy) is 2. The molecule has 0 saturated carbocycles. The Hall–Kier alpha value is -3.28. The molecule has 0 bridgehead atoms. The van der Waals surface area contributed by atoms with Gasteiger partial charge in [-0.1, -0.05) is 24.1 Å². The Balaban J connectivity index is 1.97. The van der Waals surface area contributed by atoms with Crippen LogP contribution in [0.2, 0.25) is 0 Å². The number of aromatic nitrogens is 1. The van der Waals surface area contributed by atoms with Gasteiger partial charge < -0.3 is 9.47 Å². The first-order valence-corrected chi connectivity index (χ1v) is 8.29. The minimum Gasteiger partial charge on any atom is -0.493 e. The van der Waals surface area contributed by atoms with E-state index in [1.54, 1.807) is 25.3 Å². The number of hydrogen-bond acceptors (Lipinski definition) is 5. The number of allylic oxidation sites excluding steroid dienone is 1. The Kier molecular flexibility index (Phi) is 4.99. The highest BCUT2D eigenvalue weighted by Gasteiger charge is 2.10. The molecule has 4 nitrogen and oxygen atoms in total. The molecule has 5 heteroatoms. The Morgan fingerprint density at radius 2 is 2.12 bits per heavy atom. The molecule has 25 heavy (non-hydrogen) atoms. The molecule has 0 unspecified atom stereocenters. The van der Waals surface area contributed by atoms with Crippen molar-refractivity contribution < 1.29 is 9.47 Å². The van der Waals surface area contributed by atoms with E-state index in [-0.39, 0.29) is 6.61 Å². The number of methoxy groups -OCH3 is 1. The highest BCUT2D eigenvalue weighted by Crippen LogP contribution is 2.31. The van der Waals surface area contributed by atoms with Gasteiger partial charge in [-0.2, -0.15) is 5.26 Å². The van der Waals surface area contributed by atoms with Gasteiger partial charge in [0, 0.05) is 0 Å². The minimum atomic E-state index is 0.167. The van der Waals surface area contributed by atoms with E-state index in [1.165, 1.54) is 11.3 Å². The molecule has 3 aromatic rings. The van der Waals surface area contributed by atoms with Gasteiger partial charge in [0.05, 0.1) is 22.9 Å². The molecule has 0 amide bonds. The third kappa shape index (κ3) is 3.63. The van der Waals surface area contributed by atoms with Crippen molar-refractivity contribution in [3.05, 3.63) is 53.0 Å². The third-order valence-corrected chi connectivity index (χ3v) is 4.52. The molecule has 0 N–H and O–H groups in total. The van der Waals surface area contributed by atoms with Gasteiger partial charge in [-0.05, 0) is 35.9 Å². The number of rotatable bonds is 5. The number of benzene rings is 2. The van der Waals surface area contributed by atoms with Crippen LogP contribution < -0.4 is 9.47 Å². The lowest BCUT2D eigenvalue weighted by atomic mass is 10.1. The average molecular weight is 346 g/mol. The topological polar surface area (TPSA) is 55.1 Å². The van der Waals surface area contributed by atoms with E-state index in [2.05, 4.69) is 17.0 Å². The Morgan fingerprint density at radius 3 is 2.84 bits per heavy atom. The normalized spacial score (nSPS) is 10.9. The van der Waals surface area contributed by atoms with Crippen LogP contribution in [-0.4, -0.2) is 18.7 Å². The lowest BCUT2D eigenvalue weighted by Gasteiger charge is -2.09. The smallest absolute Gasteiger partial charge is 0.162 e. The number of para-hydroxylation sites is 1. The van der Waals surface area contributed by atoms with Gasteiger partial charge in [-0.25, -0.2) is 4.98 Å². The first-order chi connectivity index (χ1) is 12.2. The molecule has 0 atom stereocenters. The molecule has 0 saturated heterocycles. The zero-order chi connectivity index (χ0) is 17.6. The summed E-state index contributed by atoms with van der Waals surface area (Å²) in [6.45, 7) is 0.167. The molecule has 1 aromatic heterocycles. The van der Waals surface area contributed by atoms with Crippen molar-refractivity contribution in [2.24, 2.45) is 0 Å². The standard InChI is InChI=1S/C20H14N2O2S/c1-3-10-24-17-9-8-14(12-18(17)23-2)11-15(13-21)20-22-16-6-4-5-7-19(16)25-20/h1,4-9,11-12H,10H2,2H3. The SMILES string of the molecule is C#CCOc1ccc(C=C(C#N)c2nc3ccccc3s2)cc1OC. The van der Waals surface area contributed by atoms with Crippen LogP contribution in [0.5, 0.6) is 11.5 Å². The predicted octanol–water partition coefficient (Wildman–Crippen LogP) is 4.38. The van der Waals surface area contributed by atoms with E-state index in [1.807, 2.05) is 30.3 Å². The zero-order valence-corrected chi connectivity index (χ0v) is 14.3. The van der Waals surface area contributed by atoms with E-state index in [9.17, 15) is 5.26 Å². The third-order valence-electron chi connectivity index (χ3n) is 3.45.